The van der Waals surface area contributed by atoms with Crippen molar-refractivity contribution in [3.63, 3.8) is 0 Å². The van der Waals surface area contributed by atoms with Crippen LogP contribution in [0.1, 0.15) is 32.3 Å². The predicted octanol–water partition coefficient (Wildman–Crippen LogP) is 2.67. The highest BCUT2D eigenvalue weighted by molar-refractivity contribution is 5.63. The molecule has 1 heterocycles. The third-order valence-corrected chi connectivity index (χ3v) is 3.61. The number of rotatable bonds is 5. The lowest BCUT2D eigenvalue weighted by atomic mass is 10.0. The van der Waals surface area contributed by atoms with Crippen LogP contribution in [0.2, 0.25) is 0 Å². The fourth-order valence-corrected chi connectivity index (χ4v) is 2.25. The Kier molecular flexibility index (Phi) is 4.14. The molecule has 5 nitrogen and oxygen atoms in total. The van der Waals surface area contributed by atoms with Crippen molar-refractivity contribution in [2.75, 3.05) is 5.73 Å². The summed E-state index contributed by atoms with van der Waals surface area (Å²) < 4.78 is 1.90. The van der Waals surface area contributed by atoms with Crippen molar-refractivity contribution < 1.29 is 0 Å². The van der Waals surface area contributed by atoms with E-state index in [1.807, 2.05) is 29.8 Å². The molecular weight excluding hydrogens is 238 g/mol. The van der Waals surface area contributed by atoms with Crippen LogP contribution in [-0.2, 0) is 6.54 Å². The van der Waals surface area contributed by atoms with E-state index in [4.69, 9.17) is 5.73 Å². The second kappa shape index (κ2) is 5.82. The lowest BCUT2D eigenvalue weighted by molar-refractivity contribution is 0.392. The Balaban J connectivity index is 2.33. The molecule has 102 valence electrons. The van der Waals surface area contributed by atoms with Crippen LogP contribution < -0.4 is 5.73 Å². The minimum atomic E-state index is 0.608. The summed E-state index contributed by atoms with van der Waals surface area (Å²) in [6.07, 6.45) is 2.27. The van der Waals surface area contributed by atoms with E-state index < -0.39 is 0 Å². The van der Waals surface area contributed by atoms with Crippen molar-refractivity contribution in [2.45, 2.75) is 40.2 Å². The first-order chi connectivity index (χ1) is 9.15. The van der Waals surface area contributed by atoms with Crippen LogP contribution >= 0.6 is 0 Å². The van der Waals surface area contributed by atoms with Crippen molar-refractivity contribution in [1.82, 2.24) is 20.2 Å². The average Bonchev–Trinajstić information content (AvgIpc) is 2.84. The summed E-state index contributed by atoms with van der Waals surface area (Å²) in [4.78, 5) is 0. The number of hydrogen-bond acceptors (Lipinski definition) is 4. The quantitative estimate of drug-likeness (QED) is 0.838. The normalized spacial score (nSPS) is 11.2. The lowest BCUT2D eigenvalue weighted by Crippen LogP contribution is -2.12. The monoisotopic (exact) mass is 259 g/mol. The molecule has 0 aliphatic heterocycles. The molecule has 2 aromatic rings. The smallest absolute Gasteiger partial charge is 0.182 e. The molecule has 0 amide bonds. The second-order valence-electron chi connectivity index (χ2n) is 4.94. The van der Waals surface area contributed by atoms with Crippen molar-refractivity contribution in [2.24, 2.45) is 5.92 Å². The molecule has 2 N–H and O–H groups in total. The molecule has 1 aromatic carbocycles. The second-order valence-corrected chi connectivity index (χ2v) is 4.94. The molecule has 5 heteroatoms. The highest BCUT2D eigenvalue weighted by Crippen LogP contribution is 2.23. The molecule has 0 aliphatic carbocycles. The molecule has 0 spiro atoms. The summed E-state index contributed by atoms with van der Waals surface area (Å²) >= 11 is 0. The third kappa shape index (κ3) is 2.92. The van der Waals surface area contributed by atoms with Gasteiger partial charge in [0.25, 0.3) is 0 Å². The number of anilines is 1. The summed E-state index contributed by atoms with van der Waals surface area (Å²) in [7, 11) is 0. The van der Waals surface area contributed by atoms with Crippen molar-refractivity contribution in [3.05, 3.63) is 23.8 Å². The fourth-order valence-electron chi connectivity index (χ4n) is 2.25. The molecule has 0 saturated carbocycles. The van der Waals surface area contributed by atoms with Crippen LogP contribution in [0, 0.1) is 12.8 Å². The van der Waals surface area contributed by atoms with Crippen molar-refractivity contribution in [3.8, 4) is 11.4 Å². The Morgan fingerprint density at radius 3 is 2.63 bits per heavy atom. The maximum atomic E-state index is 5.78. The van der Waals surface area contributed by atoms with Gasteiger partial charge < -0.3 is 5.73 Å². The van der Waals surface area contributed by atoms with E-state index in [9.17, 15) is 0 Å². The number of hydrogen-bond donors (Lipinski definition) is 1. The summed E-state index contributed by atoms with van der Waals surface area (Å²) in [6, 6.07) is 5.82. The summed E-state index contributed by atoms with van der Waals surface area (Å²) in [5.74, 6) is 1.43. The molecule has 0 bridgehead atoms. The van der Waals surface area contributed by atoms with Crippen LogP contribution in [0.5, 0.6) is 0 Å². The molecule has 19 heavy (non-hydrogen) atoms. The first-order valence-electron chi connectivity index (χ1n) is 6.78. The van der Waals surface area contributed by atoms with Gasteiger partial charge in [-0.1, -0.05) is 26.7 Å². The molecule has 0 atom stereocenters. The van der Waals surface area contributed by atoms with Crippen molar-refractivity contribution in [1.29, 1.82) is 0 Å². The van der Waals surface area contributed by atoms with E-state index in [0.29, 0.717) is 5.92 Å². The minimum Gasteiger partial charge on any atom is -0.399 e. The molecule has 0 radical (unpaired) electrons. The first kappa shape index (κ1) is 13.5. The van der Waals surface area contributed by atoms with Gasteiger partial charge >= 0.3 is 0 Å². The summed E-state index contributed by atoms with van der Waals surface area (Å²) in [5, 5.41) is 12.1. The maximum Gasteiger partial charge on any atom is 0.182 e. The first-order valence-corrected chi connectivity index (χ1v) is 6.78. The summed E-state index contributed by atoms with van der Waals surface area (Å²) in [6.45, 7) is 7.29. The Labute approximate surface area is 113 Å². The topological polar surface area (TPSA) is 69.6 Å². The van der Waals surface area contributed by atoms with Gasteiger partial charge in [-0.3, -0.25) is 0 Å². The molecule has 2 rings (SSSR count). The zero-order valence-corrected chi connectivity index (χ0v) is 11.8. The maximum absolute atomic E-state index is 5.78. The van der Waals surface area contributed by atoms with Gasteiger partial charge in [0.15, 0.2) is 5.82 Å². The van der Waals surface area contributed by atoms with Gasteiger partial charge in [0, 0.05) is 17.8 Å². The van der Waals surface area contributed by atoms with Gasteiger partial charge in [-0.25, -0.2) is 4.68 Å². The molecule has 0 aliphatic rings. The van der Waals surface area contributed by atoms with Crippen LogP contribution in [0.25, 0.3) is 11.4 Å². The third-order valence-electron chi connectivity index (χ3n) is 3.61. The standard InChI is InChI=1S/C14H21N5/c1-4-11(5-2)9-19-14(16-17-18-19)13-7-6-12(15)8-10(13)3/h6-8,11H,4-5,9,15H2,1-3H3. The summed E-state index contributed by atoms with van der Waals surface area (Å²) in [5.41, 5.74) is 8.69. The molecular formula is C14H21N5. The van der Waals surface area contributed by atoms with Gasteiger partial charge in [-0.05, 0) is 47.0 Å². The van der Waals surface area contributed by atoms with E-state index in [1.165, 1.54) is 0 Å². The van der Waals surface area contributed by atoms with Gasteiger partial charge in [0.1, 0.15) is 0 Å². The zero-order chi connectivity index (χ0) is 13.8. The SMILES string of the molecule is CCC(CC)Cn1nnnc1-c1ccc(N)cc1C. The Bertz CT molecular complexity index is 543. The molecule has 0 fully saturated rings. The number of aromatic nitrogens is 4. The highest BCUT2D eigenvalue weighted by Gasteiger charge is 2.14. The van der Waals surface area contributed by atoms with Crippen LogP contribution in [-0.4, -0.2) is 20.2 Å². The Morgan fingerprint density at radius 2 is 2.00 bits per heavy atom. The number of nitrogen functional groups attached to an aromatic ring is 1. The largest absolute Gasteiger partial charge is 0.399 e. The molecule has 0 saturated heterocycles. The van der Waals surface area contributed by atoms with Gasteiger partial charge in [0.05, 0.1) is 0 Å². The van der Waals surface area contributed by atoms with Crippen LogP contribution in [0.3, 0.4) is 0 Å². The van der Waals surface area contributed by atoms with Crippen LogP contribution in [0.15, 0.2) is 18.2 Å². The van der Waals surface area contributed by atoms with Gasteiger partial charge in [0.2, 0.25) is 0 Å². The lowest BCUT2D eigenvalue weighted by Gasteiger charge is -2.13. The number of nitrogens with two attached hydrogens (primary N) is 1. The zero-order valence-electron chi connectivity index (χ0n) is 11.8. The Hall–Kier alpha value is -1.91. The number of aryl methyl sites for hydroxylation is 1. The molecule has 1 aromatic heterocycles. The van der Waals surface area contributed by atoms with E-state index in [-0.39, 0.29) is 0 Å². The van der Waals surface area contributed by atoms with Gasteiger partial charge in [-0.2, -0.15) is 0 Å². The number of benzene rings is 1. The average molecular weight is 259 g/mol. The predicted molar refractivity (Wildman–Crippen MR) is 76.5 cm³/mol. The number of tetrazole rings is 1. The van der Waals surface area contributed by atoms with E-state index >= 15 is 0 Å². The number of nitrogens with zero attached hydrogens (tertiary/aromatic N) is 4. The van der Waals surface area contributed by atoms with Crippen molar-refractivity contribution >= 4 is 5.69 Å². The minimum absolute atomic E-state index is 0.608. The van der Waals surface area contributed by atoms with E-state index in [0.717, 1.165) is 42.0 Å². The fraction of sp³-hybridized carbons (Fsp3) is 0.500. The Morgan fingerprint density at radius 1 is 1.26 bits per heavy atom. The van der Waals surface area contributed by atoms with E-state index in [2.05, 4.69) is 29.4 Å². The van der Waals surface area contributed by atoms with E-state index in [1.54, 1.807) is 0 Å². The highest BCUT2D eigenvalue weighted by atomic mass is 15.5. The van der Waals surface area contributed by atoms with Crippen LogP contribution in [0.4, 0.5) is 5.69 Å². The molecule has 0 unspecified atom stereocenters. The van der Waals surface area contributed by atoms with Gasteiger partial charge in [-0.15, -0.1) is 5.10 Å².